The predicted octanol–water partition coefficient (Wildman–Crippen LogP) is 2.12. The lowest BCUT2D eigenvalue weighted by atomic mass is 10.1. The first-order chi connectivity index (χ1) is 9.35. The van der Waals surface area contributed by atoms with Crippen LogP contribution in [0.4, 0.5) is 0 Å². The molecule has 1 atom stereocenters. The quantitative estimate of drug-likeness (QED) is 0.810. The van der Waals surface area contributed by atoms with E-state index in [4.69, 9.17) is 0 Å². The van der Waals surface area contributed by atoms with Gasteiger partial charge in [0.25, 0.3) is 0 Å². The minimum Gasteiger partial charge on any atom is -0.313 e. The number of hydrogen-bond acceptors (Lipinski definition) is 3. The molecule has 1 aliphatic carbocycles. The molecule has 2 rings (SSSR count). The van der Waals surface area contributed by atoms with Crippen molar-refractivity contribution in [3.63, 3.8) is 0 Å². The van der Waals surface area contributed by atoms with Gasteiger partial charge in [0.1, 0.15) is 0 Å². The van der Waals surface area contributed by atoms with E-state index < -0.39 is 10.0 Å². The largest absolute Gasteiger partial charge is 0.313 e. The first-order valence-electron chi connectivity index (χ1n) is 7.14. The Morgan fingerprint density at radius 1 is 1.35 bits per heavy atom. The molecule has 112 valence electrons. The molecule has 2 N–H and O–H groups in total. The topological polar surface area (TPSA) is 58.2 Å². The van der Waals surface area contributed by atoms with Gasteiger partial charge in [-0.2, -0.15) is 0 Å². The van der Waals surface area contributed by atoms with Gasteiger partial charge in [0.15, 0.2) is 0 Å². The smallest absolute Gasteiger partial charge is 0.240 e. The van der Waals surface area contributed by atoms with Crippen LogP contribution < -0.4 is 10.0 Å². The molecule has 1 saturated carbocycles. The summed E-state index contributed by atoms with van der Waals surface area (Å²) in [5.41, 5.74) is 1.27. The van der Waals surface area contributed by atoms with E-state index in [-0.39, 0.29) is 5.41 Å². The molecule has 1 aromatic carbocycles. The Balaban J connectivity index is 2.01. The Bertz CT molecular complexity index is 567. The Kier molecular flexibility index (Phi) is 4.52. The van der Waals surface area contributed by atoms with Gasteiger partial charge in [0, 0.05) is 13.1 Å². The van der Waals surface area contributed by atoms with Gasteiger partial charge in [-0.25, -0.2) is 13.1 Å². The van der Waals surface area contributed by atoms with Crippen molar-refractivity contribution in [3.8, 4) is 0 Å². The van der Waals surface area contributed by atoms with Crippen LogP contribution in [0.2, 0.25) is 0 Å². The van der Waals surface area contributed by atoms with Crippen molar-refractivity contribution in [3.05, 3.63) is 29.8 Å². The number of benzene rings is 1. The average molecular weight is 296 g/mol. The summed E-state index contributed by atoms with van der Waals surface area (Å²) in [7, 11) is -3.39. The second kappa shape index (κ2) is 5.84. The third-order valence-electron chi connectivity index (χ3n) is 4.03. The van der Waals surface area contributed by atoms with Crippen molar-refractivity contribution < 1.29 is 8.42 Å². The maximum absolute atomic E-state index is 12.3. The molecule has 0 aliphatic heterocycles. The Morgan fingerprint density at radius 3 is 2.65 bits per heavy atom. The SMILES string of the molecule is CCNCc1cccc(S(=O)(=O)NCC2CC2(C)C)c1. The first kappa shape index (κ1) is 15.5. The highest BCUT2D eigenvalue weighted by Crippen LogP contribution is 2.51. The van der Waals surface area contributed by atoms with Gasteiger partial charge in [-0.3, -0.25) is 0 Å². The molecule has 1 aromatic rings. The van der Waals surface area contributed by atoms with Crippen molar-refractivity contribution in [1.29, 1.82) is 0 Å². The normalized spacial score (nSPS) is 20.9. The highest BCUT2D eigenvalue weighted by molar-refractivity contribution is 7.89. The summed E-state index contributed by atoms with van der Waals surface area (Å²) < 4.78 is 27.3. The summed E-state index contributed by atoms with van der Waals surface area (Å²) in [5.74, 6) is 0.460. The molecule has 0 bridgehead atoms. The lowest BCUT2D eigenvalue weighted by Crippen LogP contribution is -2.27. The van der Waals surface area contributed by atoms with Crippen molar-refractivity contribution >= 4 is 10.0 Å². The lowest BCUT2D eigenvalue weighted by Gasteiger charge is -2.09. The van der Waals surface area contributed by atoms with Gasteiger partial charge < -0.3 is 5.32 Å². The summed E-state index contributed by atoms with van der Waals surface area (Å²) in [6, 6.07) is 7.12. The maximum Gasteiger partial charge on any atom is 0.240 e. The van der Waals surface area contributed by atoms with Crippen molar-refractivity contribution in [1.82, 2.24) is 10.0 Å². The van der Waals surface area contributed by atoms with Gasteiger partial charge in [-0.15, -0.1) is 0 Å². The van der Waals surface area contributed by atoms with E-state index in [9.17, 15) is 8.42 Å². The molecule has 5 heteroatoms. The fourth-order valence-corrected chi connectivity index (χ4v) is 3.46. The van der Waals surface area contributed by atoms with Crippen LogP contribution in [0.15, 0.2) is 29.2 Å². The molecule has 0 spiro atoms. The highest BCUT2D eigenvalue weighted by Gasteiger charge is 2.45. The fourth-order valence-electron chi connectivity index (χ4n) is 2.31. The molecule has 1 aliphatic rings. The van der Waals surface area contributed by atoms with Crippen molar-refractivity contribution in [2.24, 2.45) is 11.3 Å². The Morgan fingerprint density at radius 2 is 2.05 bits per heavy atom. The summed E-state index contributed by atoms with van der Waals surface area (Å²) in [4.78, 5) is 0.353. The molecule has 1 unspecified atom stereocenters. The minimum atomic E-state index is -3.39. The van der Waals surface area contributed by atoms with Gasteiger partial charge in [-0.1, -0.05) is 32.9 Å². The molecule has 1 fully saturated rings. The zero-order valence-corrected chi connectivity index (χ0v) is 13.3. The average Bonchev–Trinajstić information content (AvgIpc) is 3.02. The van der Waals surface area contributed by atoms with Crippen LogP contribution in [0.5, 0.6) is 0 Å². The molecule has 0 amide bonds. The minimum absolute atomic E-state index is 0.287. The van der Waals surface area contributed by atoms with Gasteiger partial charge in [-0.05, 0) is 42.0 Å². The van der Waals surface area contributed by atoms with E-state index in [1.807, 2.05) is 13.0 Å². The molecule has 0 radical (unpaired) electrons. The zero-order chi connectivity index (χ0) is 14.8. The van der Waals surface area contributed by atoms with E-state index in [0.29, 0.717) is 23.9 Å². The zero-order valence-electron chi connectivity index (χ0n) is 12.4. The fraction of sp³-hybridized carbons (Fsp3) is 0.600. The van der Waals surface area contributed by atoms with E-state index in [1.165, 1.54) is 0 Å². The van der Waals surface area contributed by atoms with Gasteiger partial charge in [0.05, 0.1) is 4.90 Å². The first-order valence-corrected chi connectivity index (χ1v) is 8.63. The van der Waals surface area contributed by atoms with Crippen LogP contribution >= 0.6 is 0 Å². The number of sulfonamides is 1. The van der Waals surface area contributed by atoms with E-state index in [0.717, 1.165) is 18.5 Å². The summed E-state index contributed by atoms with van der Waals surface area (Å²) in [6.07, 6.45) is 1.09. The third kappa shape index (κ3) is 3.81. The second-order valence-electron chi connectivity index (χ2n) is 6.17. The molecule has 20 heavy (non-hydrogen) atoms. The van der Waals surface area contributed by atoms with E-state index in [2.05, 4.69) is 23.9 Å². The molecular formula is C15H24N2O2S. The number of nitrogens with one attached hydrogen (secondary N) is 2. The summed E-state index contributed by atoms with van der Waals surface area (Å²) in [6.45, 7) is 8.46. The molecule has 0 aromatic heterocycles. The molecule has 0 saturated heterocycles. The van der Waals surface area contributed by atoms with Crippen LogP contribution in [0.3, 0.4) is 0 Å². The van der Waals surface area contributed by atoms with Crippen LogP contribution in [0.25, 0.3) is 0 Å². The second-order valence-corrected chi connectivity index (χ2v) is 7.94. The van der Waals surface area contributed by atoms with Crippen LogP contribution in [0, 0.1) is 11.3 Å². The summed E-state index contributed by atoms with van der Waals surface area (Å²) >= 11 is 0. The van der Waals surface area contributed by atoms with E-state index in [1.54, 1.807) is 18.2 Å². The van der Waals surface area contributed by atoms with E-state index >= 15 is 0 Å². The third-order valence-corrected chi connectivity index (χ3v) is 5.45. The number of hydrogen-bond donors (Lipinski definition) is 2. The van der Waals surface area contributed by atoms with Crippen LogP contribution in [-0.2, 0) is 16.6 Å². The molecule has 0 heterocycles. The number of rotatable bonds is 7. The van der Waals surface area contributed by atoms with Crippen molar-refractivity contribution in [2.75, 3.05) is 13.1 Å². The van der Waals surface area contributed by atoms with Crippen molar-refractivity contribution in [2.45, 2.75) is 38.6 Å². The Hall–Kier alpha value is -0.910. The maximum atomic E-state index is 12.3. The van der Waals surface area contributed by atoms with Gasteiger partial charge in [0.2, 0.25) is 10.0 Å². The Labute approximate surface area is 122 Å². The monoisotopic (exact) mass is 296 g/mol. The molecule has 4 nitrogen and oxygen atoms in total. The summed E-state index contributed by atoms with van der Waals surface area (Å²) in [5, 5.41) is 3.20. The van der Waals surface area contributed by atoms with Crippen LogP contribution in [0.1, 0.15) is 32.8 Å². The molecular weight excluding hydrogens is 272 g/mol. The standard InChI is InChI=1S/C15H24N2O2S/c1-4-16-10-12-6-5-7-14(8-12)20(18,19)17-11-13-9-15(13,2)3/h5-8,13,16-17H,4,9-11H2,1-3H3. The highest BCUT2D eigenvalue weighted by atomic mass is 32.2. The predicted molar refractivity (Wildman–Crippen MR) is 80.9 cm³/mol. The van der Waals surface area contributed by atoms with Crippen LogP contribution in [-0.4, -0.2) is 21.5 Å². The lowest BCUT2D eigenvalue weighted by molar-refractivity contribution is 0.537. The van der Waals surface area contributed by atoms with Gasteiger partial charge >= 0.3 is 0 Å².